The summed E-state index contributed by atoms with van der Waals surface area (Å²) in [7, 11) is 0. The van der Waals surface area contributed by atoms with Gasteiger partial charge < -0.3 is 4.74 Å². The molecule has 0 saturated carbocycles. The fourth-order valence-electron chi connectivity index (χ4n) is 3.15. The molecule has 2 aliphatic heterocycles. The maximum absolute atomic E-state index is 13.2. The van der Waals surface area contributed by atoms with Gasteiger partial charge in [-0.25, -0.2) is 4.79 Å². The Hall–Kier alpha value is -2.31. The number of ether oxygens (including phenoxy) is 1. The summed E-state index contributed by atoms with van der Waals surface area (Å²) in [4.78, 5) is 31.4. The van der Waals surface area contributed by atoms with E-state index >= 15 is 0 Å². The molecule has 1 amide bonds. The van der Waals surface area contributed by atoms with Crippen LogP contribution in [0.3, 0.4) is 0 Å². The topological polar surface area (TPSA) is 59.0 Å². The molecule has 2 atom stereocenters. The van der Waals surface area contributed by atoms with Crippen molar-refractivity contribution in [1.29, 1.82) is 0 Å². The molecule has 2 aromatic carbocycles. The van der Waals surface area contributed by atoms with Crippen LogP contribution in [0.1, 0.15) is 35.4 Å². The smallest absolute Gasteiger partial charge is 0.339 e. The molecule has 0 bridgehead atoms. The van der Waals surface area contributed by atoms with E-state index in [-0.39, 0.29) is 24.3 Å². The van der Waals surface area contributed by atoms with Crippen molar-refractivity contribution >= 4 is 46.1 Å². The molecular formula is C20H17ClN2O3S. The highest BCUT2D eigenvalue weighted by Gasteiger charge is 2.35. The number of hydrogen-bond acceptors (Lipinski definition) is 5. The Bertz CT molecular complexity index is 929. The number of aliphatic imine (C=N–C) groups is 1. The van der Waals surface area contributed by atoms with Gasteiger partial charge in [0.05, 0.1) is 23.7 Å². The fraction of sp³-hybridized carbons (Fsp3) is 0.250. The van der Waals surface area contributed by atoms with E-state index in [2.05, 4.69) is 4.99 Å². The zero-order chi connectivity index (χ0) is 19.0. The van der Waals surface area contributed by atoms with Gasteiger partial charge in [-0.3, -0.25) is 14.7 Å². The molecule has 0 radical (unpaired) electrons. The van der Waals surface area contributed by atoms with Crippen LogP contribution in [0.15, 0.2) is 53.5 Å². The van der Waals surface area contributed by atoms with E-state index in [1.165, 1.54) is 0 Å². The number of hydrogen-bond donors (Lipinski definition) is 0. The summed E-state index contributed by atoms with van der Waals surface area (Å²) >= 11 is 7.54. The molecule has 0 unspecified atom stereocenters. The van der Waals surface area contributed by atoms with E-state index in [9.17, 15) is 9.59 Å². The quantitative estimate of drug-likeness (QED) is 0.713. The number of halogens is 1. The first-order chi connectivity index (χ1) is 13.0. The van der Waals surface area contributed by atoms with E-state index < -0.39 is 6.10 Å². The van der Waals surface area contributed by atoms with Gasteiger partial charge in [-0.1, -0.05) is 41.6 Å². The normalized spacial score (nSPS) is 20.8. The van der Waals surface area contributed by atoms with Gasteiger partial charge in [0.2, 0.25) is 5.91 Å². The Morgan fingerprint density at radius 1 is 1.26 bits per heavy atom. The molecule has 138 valence electrons. The third-order valence-corrected chi connectivity index (χ3v) is 5.89. The summed E-state index contributed by atoms with van der Waals surface area (Å²) in [5, 5.41) is 1.26. The average molecular weight is 401 g/mol. The molecule has 27 heavy (non-hydrogen) atoms. The Labute approximate surface area is 166 Å². The minimum Gasteiger partial charge on any atom is -0.453 e. The van der Waals surface area contributed by atoms with Crippen LogP contribution in [0, 0.1) is 0 Å². The van der Waals surface area contributed by atoms with Crippen LogP contribution in [-0.2, 0) is 9.53 Å². The molecule has 0 N–H and O–H groups in total. The second-order valence-electron chi connectivity index (χ2n) is 6.46. The predicted molar refractivity (Wildman–Crippen MR) is 108 cm³/mol. The standard InChI is InChI=1S/C20H17ClN2O3S/c1-12-11-27-20(22-12)23(14-8-6-13(21)7-9-14)18(24)10-17-15-4-2-3-5-16(15)19(25)26-17/h2-9,12,17H,10-11H2,1H3/t12-,17+/m1/s1. The maximum Gasteiger partial charge on any atom is 0.339 e. The molecule has 4 rings (SSSR count). The van der Waals surface area contributed by atoms with E-state index in [1.807, 2.05) is 19.1 Å². The summed E-state index contributed by atoms with van der Waals surface area (Å²) < 4.78 is 5.44. The Kier molecular flexibility index (Phi) is 4.93. The number of benzene rings is 2. The molecule has 5 nitrogen and oxygen atoms in total. The van der Waals surface area contributed by atoms with Crippen LogP contribution in [0.2, 0.25) is 5.02 Å². The van der Waals surface area contributed by atoms with Crippen molar-refractivity contribution in [3.8, 4) is 0 Å². The largest absolute Gasteiger partial charge is 0.453 e. The first-order valence-corrected chi connectivity index (χ1v) is 9.98. The molecule has 0 saturated heterocycles. The summed E-state index contributed by atoms with van der Waals surface area (Å²) in [6.45, 7) is 2.01. The number of esters is 1. The average Bonchev–Trinajstić information content (AvgIpc) is 3.21. The van der Waals surface area contributed by atoms with Crippen LogP contribution < -0.4 is 4.90 Å². The van der Waals surface area contributed by atoms with Crippen molar-refractivity contribution in [2.45, 2.75) is 25.5 Å². The number of rotatable bonds is 3. The van der Waals surface area contributed by atoms with E-state index in [0.29, 0.717) is 21.4 Å². The fourth-order valence-corrected chi connectivity index (χ4v) is 4.33. The molecule has 2 heterocycles. The van der Waals surface area contributed by atoms with Crippen molar-refractivity contribution < 1.29 is 14.3 Å². The Balaban J connectivity index is 1.63. The first-order valence-electron chi connectivity index (χ1n) is 8.62. The molecule has 0 fully saturated rings. The second-order valence-corrected chi connectivity index (χ2v) is 7.89. The molecular weight excluding hydrogens is 384 g/mol. The van der Waals surface area contributed by atoms with Crippen molar-refractivity contribution in [2.75, 3.05) is 10.7 Å². The third-order valence-electron chi connectivity index (χ3n) is 4.45. The summed E-state index contributed by atoms with van der Waals surface area (Å²) in [5.41, 5.74) is 1.97. The summed E-state index contributed by atoms with van der Waals surface area (Å²) in [6.07, 6.45) is -0.528. The Morgan fingerprint density at radius 2 is 2.00 bits per heavy atom. The molecule has 0 aromatic heterocycles. The molecule has 0 aliphatic carbocycles. The van der Waals surface area contributed by atoms with Crippen LogP contribution >= 0.6 is 23.4 Å². The van der Waals surface area contributed by atoms with Gasteiger partial charge in [0.15, 0.2) is 5.17 Å². The molecule has 7 heteroatoms. The minimum absolute atomic E-state index is 0.0549. The number of thioether (sulfide) groups is 1. The van der Waals surface area contributed by atoms with Crippen LogP contribution in [0.5, 0.6) is 0 Å². The molecule has 0 spiro atoms. The van der Waals surface area contributed by atoms with Crippen molar-refractivity contribution in [2.24, 2.45) is 4.99 Å². The van der Waals surface area contributed by atoms with Gasteiger partial charge in [0, 0.05) is 16.3 Å². The Morgan fingerprint density at radius 3 is 2.70 bits per heavy atom. The number of amidine groups is 1. The third kappa shape index (κ3) is 3.59. The van der Waals surface area contributed by atoms with Gasteiger partial charge >= 0.3 is 5.97 Å². The van der Waals surface area contributed by atoms with E-state index in [1.54, 1.807) is 53.1 Å². The minimum atomic E-state index is -0.583. The van der Waals surface area contributed by atoms with Gasteiger partial charge in [-0.15, -0.1) is 0 Å². The van der Waals surface area contributed by atoms with Gasteiger partial charge in [0.25, 0.3) is 0 Å². The number of carbonyl (C=O) groups is 2. The van der Waals surface area contributed by atoms with Crippen molar-refractivity contribution in [3.63, 3.8) is 0 Å². The van der Waals surface area contributed by atoms with Crippen LogP contribution in [0.25, 0.3) is 0 Å². The maximum atomic E-state index is 13.2. The lowest BCUT2D eigenvalue weighted by Gasteiger charge is -2.23. The van der Waals surface area contributed by atoms with Gasteiger partial charge in [0.1, 0.15) is 6.10 Å². The molecule has 2 aliphatic rings. The van der Waals surface area contributed by atoms with Crippen LogP contribution in [0.4, 0.5) is 5.69 Å². The van der Waals surface area contributed by atoms with E-state index in [0.717, 1.165) is 11.3 Å². The highest BCUT2D eigenvalue weighted by atomic mass is 35.5. The summed E-state index contributed by atoms with van der Waals surface area (Å²) in [6, 6.07) is 14.4. The van der Waals surface area contributed by atoms with Crippen molar-refractivity contribution in [3.05, 3.63) is 64.7 Å². The zero-order valence-electron chi connectivity index (χ0n) is 14.6. The zero-order valence-corrected chi connectivity index (χ0v) is 16.2. The lowest BCUT2D eigenvalue weighted by Crippen LogP contribution is -2.35. The number of amides is 1. The van der Waals surface area contributed by atoms with Crippen molar-refractivity contribution in [1.82, 2.24) is 0 Å². The van der Waals surface area contributed by atoms with Gasteiger partial charge in [-0.05, 0) is 37.3 Å². The lowest BCUT2D eigenvalue weighted by molar-refractivity contribution is -0.119. The summed E-state index contributed by atoms with van der Waals surface area (Å²) in [5.74, 6) is 0.267. The SMILES string of the molecule is C[C@@H]1CSC(N(C(=O)C[C@@H]2OC(=O)c3ccccc32)c2ccc(Cl)cc2)=N1. The number of carbonyl (C=O) groups excluding carboxylic acids is 2. The number of nitrogens with zero attached hydrogens (tertiary/aromatic N) is 2. The second kappa shape index (κ2) is 7.37. The highest BCUT2D eigenvalue weighted by Crippen LogP contribution is 2.35. The van der Waals surface area contributed by atoms with Crippen LogP contribution in [-0.4, -0.2) is 28.8 Å². The lowest BCUT2D eigenvalue weighted by atomic mass is 10.0. The number of cyclic esters (lactones) is 1. The van der Waals surface area contributed by atoms with E-state index in [4.69, 9.17) is 16.3 Å². The predicted octanol–water partition coefficient (Wildman–Crippen LogP) is 4.47. The number of fused-ring (bicyclic) bond motifs is 1. The monoisotopic (exact) mass is 400 g/mol. The highest BCUT2D eigenvalue weighted by molar-refractivity contribution is 8.14. The first kappa shape index (κ1) is 18.1. The number of anilines is 1. The van der Waals surface area contributed by atoms with Gasteiger partial charge in [-0.2, -0.15) is 0 Å². The molecule has 2 aromatic rings.